The molecule has 0 amide bonds. The van der Waals surface area contributed by atoms with Gasteiger partial charge in [0.2, 0.25) is 0 Å². The minimum Gasteiger partial charge on any atom is -0.0888 e. The summed E-state index contributed by atoms with van der Waals surface area (Å²) in [4.78, 5) is 2.68. The van der Waals surface area contributed by atoms with Crippen LogP contribution in [0.2, 0.25) is 0 Å². The summed E-state index contributed by atoms with van der Waals surface area (Å²) in [5, 5.41) is 2.70. The van der Waals surface area contributed by atoms with E-state index in [2.05, 4.69) is 135 Å². The van der Waals surface area contributed by atoms with E-state index in [-0.39, 0.29) is 5.41 Å². The van der Waals surface area contributed by atoms with Crippen molar-refractivity contribution in [1.82, 2.24) is 0 Å². The maximum absolute atomic E-state index is 2.35. The van der Waals surface area contributed by atoms with Gasteiger partial charge in [-0.2, -0.15) is 0 Å². The largest absolute Gasteiger partial charge is 0.0888 e. The lowest BCUT2D eigenvalue weighted by molar-refractivity contribution is 0.660. The number of hydrogen-bond donors (Lipinski definition) is 0. The van der Waals surface area contributed by atoms with Gasteiger partial charge in [0.15, 0.2) is 0 Å². The van der Waals surface area contributed by atoms with Crippen molar-refractivity contribution in [1.29, 1.82) is 0 Å². The second-order valence-electron chi connectivity index (χ2n) is 10.9. The van der Waals surface area contributed by atoms with Crippen molar-refractivity contribution in [2.45, 2.75) is 29.1 Å². The van der Waals surface area contributed by atoms with Crippen LogP contribution in [0.3, 0.4) is 0 Å². The highest BCUT2D eigenvalue weighted by molar-refractivity contribution is 7.99. The van der Waals surface area contributed by atoms with Gasteiger partial charge in [-0.05, 0) is 73.2 Å². The molecule has 38 heavy (non-hydrogen) atoms. The van der Waals surface area contributed by atoms with Crippen LogP contribution in [0.4, 0.5) is 0 Å². The molecule has 1 aliphatic heterocycles. The van der Waals surface area contributed by atoms with E-state index in [1.807, 2.05) is 11.8 Å². The van der Waals surface area contributed by atoms with Crippen LogP contribution in [0.1, 0.15) is 25.0 Å². The second kappa shape index (κ2) is 7.96. The molecule has 0 saturated heterocycles. The van der Waals surface area contributed by atoms with Gasteiger partial charge >= 0.3 is 0 Å². The highest BCUT2D eigenvalue weighted by Gasteiger charge is 2.36. The Morgan fingerprint density at radius 3 is 1.92 bits per heavy atom. The first-order valence-corrected chi connectivity index (χ1v) is 14.1. The maximum Gasteiger partial charge on any atom is 0.0207 e. The van der Waals surface area contributed by atoms with E-state index in [1.165, 1.54) is 76.2 Å². The Bertz CT molecular complexity index is 1910. The van der Waals surface area contributed by atoms with E-state index in [0.717, 1.165) is 0 Å². The van der Waals surface area contributed by atoms with Gasteiger partial charge in [-0.1, -0.05) is 135 Å². The molecule has 0 atom stereocenters. The number of benzene rings is 6. The predicted molar refractivity (Wildman–Crippen MR) is 162 cm³/mol. The van der Waals surface area contributed by atoms with Gasteiger partial charge in [-0.15, -0.1) is 0 Å². The van der Waals surface area contributed by atoms with Gasteiger partial charge in [0, 0.05) is 20.6 Å². The van der Waals surface area contributed by atoms with Crippen molar-refractivity contribution < 1.29 is 0 Å². The molecule has 0 radical (unpaired) electrons. The highest BCUT2D eigenvalue weighted by atomic mass is 32.2. The molecule has 0 aromatic heterocycles. The normalized spacial score (nSPS) is 14.2. The summed E-state index contributed by atoms with van der Waals surface area (Å²) < 4.78 is 0. The van der Waals surface area contributed by atoms with Crippen molar-refractivity contribution in [2.75, 3.05) is 0 Å². The Hall–Kier alpha value is -4.07. The first-order valence-electron chi connectivity index (χ1n) is 13.3. The lowest BCUT2D eigenvalue weighted by Crippen LogP contribution is -2.14. The molecular formula is C37H26S. The third-order valence-electron chi connectivity index (χ3n) is 8.51. The molecule has 2 aliphatic rings. The Kier molecular flexibility index (Phi) is 4.60. The van der Waals surface area contributed by atoms with Gasteiger partial charge in [0.25, 0.3) is 0 Å². The molecule has 0 saturated carbocycles. The molecule has 6 aromatic carbocycles. The quantitative estimate of drug-likeness (QED) is 0.226. The zero-order chi connectivity index (χ0) is 25.4. The summed E-state index contributed by atoms with van der Waals surface area (Å²) in [7, 11) is 0. The van der Waals surface area contributed by atoms with E-state index in [0.29, 0.717) is 0 Å². The molecule has 1 aliphatic carbocycles. The summed E-state index contributed by atoms with van der Waals surface area (Å²) in [6.07, 6.45) is 0. The average molecular weight is 503 g/mol. The smallest absolute Gasteiger partial charge is 0.0207 e. The SMILES string of the molecule is CC1(C)c2ccccc2-c2c(-c3ccc(-c4ccc5c6c(cccc46)-c4ccccc4S5)cc3)cccc21. The summed E-state index contributed by atoms with van der Waals surface area (Å²) in [5.41, 5.74) is 13.4. The molecule has 1 heteroatoms. The minimum absolute atomic E-state index is 0.0157. The lowest BCUT2D eigenvalue weighted by atomic mass is 9.82. The van der Waals surface area contributed by atoms with Crippen LogP contribution in [0, 0.1) is 0 Å². The number of hydrogen-bond acceptors (Lipinski definition) is 1. The molecule has 8 rings (SSSR count). The third-order valence-corrected chi connectivity index (χ3v) is 9.65. The Morgan fingerprint density at radius 2 is 1.08 bits per heavy atom. The Labute approximate surface area is 228 Å². The minimum atomic E-state index is 0.0157. The molecule has 0 bridgehead atoms. The van der Waals surface area contributed by atoms with E-state index >= 15 is 0 Å². The predicted octanol–water partition coefficient (Wildman–Crippen LogP) is 10.6. The van der Waals surface area contributed by atoms with Gasteiger partial charge < -0.3 is 0 Å². The molecule has 0 N–H and O–H groups in total. The Balaban J connectivity index is 1.26. The van der Waals surface area contributed by atoms with Crippen molar-refractivity contribution in [3.63, 3.8) is 0 Å². The molecule has 180 valence electrons. The topological polar surface area (TPSA) is 0 Å². The molecule has 0 nitrogen and oxygen atoms in total. The molecule has 0 unspecified atom stereocenters. The van der Waals surface area contributed by atoms with Crippen LogP contribution < -0.4 is 0 Å². The van der Waals surface area contributed by atoms with Gasteiger partial charge in [0.1, 0.15) is 0 Å². The zero-order valence-electron chi connectivity index (χ0n) is 21.5. The highest BCUT2D eigenvalue weighted by Crippen LogP contribution is 2.52. The molecule has 0 fully saturated rings. The average Bonchev–Trinajstić information content (AvgIpc) is 3.20. The van der Waals surface area contributed by atoms with Crippen LogP contribution in [-0.2, 0) is 5.41 Å². The van der Waals surface area contributed by atoms with Crippen LogP contribution in [0.25, 0.3) is 55.3 Å². The summed E-state index contributed by atoms with van der Waals surface area (Å²) in [5.74, 6) is 0. The van der Waals surface area contributed by atoms with E-state index in [9.17, 15) is 0 Å². The van der Waals surface area contributed by atoms with Crippen LogP contribution in [0.5, 0.6) is 0 Å². The van der Waals surface area contributed by atoms with Crippen molar-refractivity contribution >= 4 is 22.5 Å². The maximum atomic E-state index is 2.35. The Morgan fingerprint density at radius 1 is 0.447 bits per heavy atom. The molecule has 0 spiro atoms. The van der Waals surface area contributed by atoms with E-state index in [1.54, 1.807) is 0 Å². The van der Waals surface area contributed by atoms with Gasteiger partial charge in [0.05, 0.1) is 0 Å². The molecule has 1 heterocycles. The van der Waals surface area contributed by atoms with Crippen molar-refractivity contribution in [3.8, 4) is 44.5 Å². The molecular weight excluding hydrogens is 476 g/mol. The second-order valence-corrected chi connectivity index (χ2v) is 12.0. The lowest BCUT2D eigenvalue weighted by Gasteiger charge is -2.22. The standard InChI is InChI=1S/C37H26S/c1-37(2)31-14-5-3-10-30(31)35-26(11-8-15-32(35)37)24-19-17-23(18-20-24)25-21-22-34-36-28(25)12-7-13-29(36)27-9-4-6-16-33(27)38-34/h3-22H,1-2H3. The number of fused-ring (bicyclic) bond motifs is 5. The third kappa shape index (κ3) is 3.00. The summed E-state index contributed by atoms with van der Waals surface area (Å²) in [6.45, 7) is 4.69. The monoisotopic (exact) mass is 502 g/mol. The first-order chi connectivity index (χ1) is 18.6. The fourth-order valence-corrected chi connectivity index (χ4v) is 7.79. The van der Waals surface area contributed by atoms with Crippen LogP contribution >= 0.6 is 11.8 Å². The van der Waals surface area contributed by atoms with Crippen molar-refractivity contribution in [3.05, 3.63) is 132 Å². The zero-order valence-corrected chi connectivity index (χ0v) is 22.3. The number of rotatable bonds is 2. The van der Waals surface area contributed by atoms with Gasteiger partial charge in [-0.3, -0.25) is 0 Å². The fraction of sp³-hybridized carbons (Fsp3) is 0.0811. The van der Waals surface area contributed by atoms with Gasteiger partial charge in [-0.25, -0.2) is 0 Å². The molecule has 6 aromatic rings. The van der Waals surface area contributed by atoms with E-state index in [4.69, 9.17) is 0 Å². The van der Waals surface area contributed by atoms with Crippen LogP contribution in [0.15, 0.2) is 131 Å². The summed E-state index contributed by atoms with van der Waals surface area (Å²) >= 11 is 1.88. The van der Waals surface area contributed by atoms with Crippen molar-refractivity contribution in [2.24, 2.45) is 0 Å². The fourth-order valence-electron chi connectivity index (χ4n) is 6.66. The van der Waals surface area contributed by atoms with Crippen LogP contribution in [-0.4, -0.2) is 0 Å². The summed E-state index contributed by atoms with van der Waals surface area (Å²) in [6, 6.07) is 45.0. The first kappa shape index (κ1) is 22.0. The van der Waals surface area contributed by atoms with E-state index < -0.39 is 0 Å².